The van der Waals surface area contributed by atoms with Gasteiger partial charge < -0.3 is 10.5 Å². The molecule has 0 aliphatic heterocycles. The number of nitro benzene ring substituents is 1. The van der Waals surface area contributed by atoms with E-state index in [0.29, 0.717) is 12.0 Å². The van der Waals surface area contributed by atoms with Gasteiger partial charge in [-0.3, -0.25) is 10.1 Å². The molecule has 1 aromatic rings. The summed E-state index contributed by atoms with van der Waals surface area (Å²) >= 11 is 0. The molecule has 1 aromatic carbocycles. The van der Waals surface area contributed by atoms with E-state index in [1.54, 1.807) is 6.92 Å². The van der Waals surface area contributed by atoms with Crippen LogP contribution < -0.4 is 10.5 Å². The second kappa shape index (κ2) is 4.89. The van der Waals surface area contributed by atoms with Gasteiger partial charge in [0.2, 0.25) is 0 Å². The quantitative estimate of drug-likeness (QED) is 0.663. The summed E-state index contributed by atoms with van der Waals surface area (Å²) in [7, 11) is 0. The van der Waals surface area contributed by atoms with Crippen molar-refractivity contribution in [3.8, 4) is 5.75 Å². The van der Waals surface area contributed by atoms with Gasteiger partial charge in [-0.25, -0.2) is 4.39 Å². The zero-order chi connectivity index (χ0) is 13.3. The lowest BCUT2D eigenvalue weighted by Gasteiger charge is -2.14. The van der Waals surface area contributed by atoms with E-state index in [-0.39, 0.29) is 23.6 Å². The van der Waals surface area contributed by atoms with Gasteiger partial charge in [0.05, 0.1) is 11.0 Å². The Hall–Kier alpha value is -1.69. The van der Waals surface area contributed by atoms with Crippen molar-refractivity contribution in [3.63, 3.8) is 0 Å². The fourth-order valence-corrected chi connectivity index (χ4v) is 2.14. The molecular formula is C12H15FN2O3. The minimum atomic E-state index is -0.632. The predicted molar refractivity (Wildman–Crippen MR) is 64.0 cm³/mol. The average molecular weight is 254 g/mol. The molecule has 0 amide bonds. The Bertz CT molecular complexity index is 479. The maximum Gasteiger partial charge on any atom is 0.313 e. The first-order chi connectivity index (χ1) is 8.47. The highest BCUT2D eigenvalue weighted by Gasteiger charge is 2.27. The van der Waals surface area contributed by atoms with Gasteiger partial charge in [-0.15, -0.1) is 0 Å². The highest BCUT2D eigenvalue weighted by molar-refractivity contribution is 5.49. The standard InChI is InChI=1S/C12H15FN2O3/c1-7-4-12(11(15(16)17)6-10(7)13)18-9-3-2-8(14)5-9/h4,6,8-9H,2-3,5,14H2,1H3. The third-order valence-electron chi connectivity index (χ3n) is 3.16. The Kier molecular flexibility index (Phi) is 3.47. The lowest BCUT2D eigenvalue weighted by atomic mass is 10.2. The van der Waals surface area contributed by atoms with Crippen LogP contribution >= 0.6 is 0 Å². The number of nitrogens with zero attached hydrogens (tertiary/aromatic N) is 1. The van der Waals surface area contributed by atoms with E-state index >= 15 is 0 Å². The Labute approximate surface area is 104 Å². The molecule has 1 saturated carbocycles. The molecule has 6 heteroatoms. The lowest BCUT2D eigenvalue weighted by molar-refractivity contribution is -0.386. The normalized spacial score (nSPS) is 23.1. The Morgan fingerprint density at radius 2 is 2.22 bits per heavy atom. The second-order valence-electron chi connectivity index (χ2n) is 4.64. The van der Waals surface area contributed by atoms with E-state index < -0.39 is 10.7 Å². The van der Waals surface area contributed by atoms with Gasteiger partial charge in [-0.2, -0.15) is 0 Å². The van der Waals surface area contributed by atoms with Crippen LogP contribution in [0, 0.1) is 22.9 Å². The molecule has 1 aliphatic carbocycles. The molecule has 18 heavy (non-hydrogen) atoms. The largest absolute Gasteiger partial charge is 0.483 e. The fraction of sp³-hybridized carbons (Fsp3) is 0.500. The molecule has 0 radical (unpaired) electrons. The predicted octanol–water partition coefficient (Wildman–Crippen LogP) is 2.30. The SMILES string of the molecule is Cc1cc(OC2CCC(N)C2)c([N+](=O)[O-])cc1F. The van der Waals surface area contributed by atoms with Gasteiger partial charge in [0.25, 0.3) is 0 Å². The number of benzene rings is 1. The van der Waals surface area contributed by atoms with Gasteiger partial charge >= 0.3 is 5.69 Å². The molecule has 98 valence electrons. The minimum absolute atomic E-state index is 0.0793. The van der Waals surface area contributed by atoms with Crippen LogP contribution in [0.4, 0.5) is 10.1 Å². The van der Waals surface area contributed by atoms with Crippen LogP contribution in [-0.2, 0) is 0 Å². The van der Waals surface area contributed by atoms with Gasteiger partial charge in [0.15, 0.2) is 5.75 Å². The highest BCUT2D eigenvalue weighted by atomic mass is 19.1. The molecule has 0 spiro atoms. The first kappa shape index (κ1) is 12.8. The Morgan fingerprint density at radius 3 is 2.78 bits per heavy atom. The van der Waals surface area contributed by atoms with Crippen molar-refractivity contribution >= 4 is 5.69 Å². The molecule has 0 aromatic heterocycles. The number of aryl methyl sites for hydroxylation is 1. The topological polar surface area (TPSA) is 78.4 Å². The van der Waals surface area contributed by atoms with E-state index in [1.807, 2.05) is 0 Å². The summed E-state index contributed by atoms with van der Waals surface area (Å²) in [4.78, 5) is 10.2. The van der Waals surface area contributed by atoms with Gasteiger partial charge in [0.1, 0.15) is 11.9 Å². The highest BCUT2D eigenvalue weighted by Crippen LogP contribution is 2.33. The summed E-state index contributed by atoms with van der Waals surface area (Å²) < 4.78 is 18.9. The first-order valence-corrected chi connectivity index (χ1v) is 5.84. The molecule has 2 rings (SSSR count). The maximum atomic E-state index is 13.3. The van der Waals surface area contributed by atoms with E-state index in [9.17, 15) is 14.5 Å². The molecule has 2 atom stereocenters. The van der Waals surface area contributed by atoms with Crippen LogP contribution in [0.2, 0.25) is 0 Å². The summed E-state index contributed by atoms with van der Waals surface area (Å²) in [6.45, 7) is 1.55. The van der Waals surface area contributed by atoms with Crippen molar-refractivity contribution in [1.82, 2.24) is 0 Å². The van der Waals surface area contributed by atoms with Crippen LogP contribution in [0.3, 0.4) is 0 Å². The van der Waals surface area contributed by atoms with Crippen molar-refractivity contribution < 1.29 is 14.1 Å². The van der Waals surface area contributed by atoms with E-state index in [0.717, 1.165) is 18.9 Å². The third kappa shape index (κ3) is 2.59. The van der Waals surface area contributed by atoms with Crippen molar-refractivity contribution in [1.29, 1.82) is 0 Å². The molecule has 0 heterocycles. The van der Waals surface area contributed by atoms with Crippen LogP contribution in [0.25, 0.3) is 0 Å². The molecule has 1 aliphatic rings. The molecule has 2 unspecified atom stereocenters. The average Bonchev–Trinajstić information content (AvgIpc) is 2.68. The van der Waals surface area contributed by atoms with Gasteiger partial charge in [0, 0.05) is 6.04 Å². The number of nitro groups is 1. The summed E-state index contributed by atoms with van der Waals surface area (Å²) in [5, 5.41) is 10.9. The number of hydrogen-bond acceptors (Lipinski definition) is 4. The molecule has 5 nitrogen and oxygen atoms in total. The van der Waals surface area contributed by atoms with Crippen LogP contribution in [0.1, 0.15) is 24.8 Å². The summed E-state index contributed by atoms with van der Waals surface area (Å²) in [6.07, 6.45) is 2.17. The molecule has 1 fully saturated rings. The summed E-state index contributed by atoms with van der Waals surface area (Å²) in [6, 6.07) is 2.35. The van der Waals surface area contributed by atoms with Crippen molar-refractivity contribution in [2.45, 2.75) is 38.3 Å². The van der Waals surface area contributed by atoms with Crippen LogP contribution in [-0.4, -0.2) is 17.1 Å². The van der Waals surface area contributed by atoms with Gasteiger partial charge in [-0.1, -0.05) is 0 Å². The van der Waals surface area contributed by atoms with E-state index in [2.05, 4.69) is 0 Å². The number of halogens is 1. The number of nitrogens with two attached hydrogens (primary N) is 1. The summed E-state index contributed by atoms with van der Waals surface area (Å²) in [5.41, 5.74) is 5.75. The lowest BCUT2D eigenvalue weighted by Crippen LogP contribution is -2.19. The molecule has 2 N–H and O–H groups in total. The molecule has 0 bridgehead atoms. The summed E-state index contributed by atoms with van der Waals surface area (Å²) in [5.74, 6) is -0.477. The second-order valence-corrected chi connectivity index (χ2v) is 4.64. The maximum absolute atomic E-state index is 13.3. The Morgan fingerprint density at radius 1 is 1.50 bits per heavy atom. The van der Waals surface area contributed by atoms with E-state index in [4.69, 9.17) is 10.5 Å². The van der Waals surface area contributed by atoms with E-state index in [1.165, 1.54) is 6.07 Å². The van der Waals surface area contributed by atoms with Crippen molar-refractivity contribution in [2.75, 3.05) is 0 Å². The number of rotatable bonds is 3. The zero-order valence-corrected chi connectivity index (χ0v) is 10.1. The third-order valence-corrected chi connectivity index (χ3v) is 3.16. The fourth-order valence-electron chi connectivity index (χ4n) is 2.14. The minimum Gasteiger partial charge on any atom is -0.483 e. The van der Waals surface area contributed by atoms with Crippen molar-refractivity contribution in [3.05, 3.63) is 33.6 Å². The van der Waals surface area contributed by atoms with Crippen LogP contribution in [0.15, 0.2) is 12.1 Å². The smallest absolute Gasteiger partial charge is 0.313 e. The molecular weight excluding hydrogens is 239 g/mol. The Balaban J connectivity index is 2.25. The van der Waals surface area contributed by atoms with Crippen LogP contribution in [0.5, 0.6) is 5.75 Å². The van der Waals surface area contributed by atoms with Crippen molar-refractivity contribution in [2.24, 2.45) is 5.73 Å². The van der Waals surface area contributed by atoms with Gasteiger partial charge in [-0.05, 0) is 37.8 Å². The first-order valence-electron chi connectivity index (χ1n) is 5.84. The number of ether oxygens (including phenoxy) is 1. The molecule has 0 saturated heterocycles. The zero-order valence-electron chi connectivity index (χ0n) is 10.1. The number of hydrogen-bond donors (Lipinski definition) is 1. The monoisotopic (exact) mass is 254 g/mol.